The molecule has 0 fully saturated rings. The number of carbonyl (C=O) groups excluding carboxylic acids is 2. The standard InChI is InChI=1S/C44H69NO7/c1-6-8-10-12-14-16-18-20-21-23-24-26-28-30-32-34-42(46)51-39-40(38-50-37-36-41(44(48)49)45(3,4)5)52-43(47)35-33-31-29-27-25-22-19-17-15-13-11-9-7-2/h8-21,23-24,40-41H,6-7,22,25-39H2,1-5H3/p+1/b10-8+,11-9+,14-12+,15-13+,18-16+,19-17+,21-20+,24-23+. The predicted molar refractivity (Wildman–Crippen MR) is 215 cm³/mol. The van der Waals surface area contributed by atoms with Crippen molar-refractivity contribution < 1.29 is 38.2 Å². The molecule has 0 aliphatic heterocycles. The van der Waals surface area contributed by atoms with Crippen LogP contribution in [0, 0.1) is 0 Å². The highest BCUT2D eigenvalue weighted by molar-refractivity contribution is 5.72. The molecule has 0 saturated carbocycles. The molecule has 8 heteroatoms. The van der Waals surface area contributed by atoms with Gasteiger partial charge in [0.2, 0.25) is 0 Å². The zero-order chi connectivity index (χ0) is 38.5. The van der Waals surface area contributed by atoms with Gasteiger partial charge in [-0.2, -0.15) is 0 Å². The zero-order valence-corrected chi connectivity index (χ0v) is 33.0. The Kier molecular flexibility index (Phi) is 31.9. The molecular weight excluding hydrogens is 654 g/mol. The fourth-order valence-corrected chi connectivity index (χ4v) is 4.93. The molecule has 2 atom stereocenters. The van der Waals surface area contributed by atoms with Gasteiger partial charge in [-0.15, -0.1) is 0 Å². The third-order valence-corrected chi connectivity index (χ3v) is 7.92. The molecule has 0 aliphatic carbocycles. The second-order valence-corrected chi connectivity index (χ2v) is 13.6. The Morgan fingerprint density at radius 3 is 1.52 bits per heavy atom. The Bertz CT molecular complexity index is 1170. The minimum absolute atomic E-state index is 0.0314. The fourth-order valence-electron chi connectivity index (χ4n) is 4.93. The van der Waals surface area contributed by atoms with Crippen molar-refractivity contribution in [2.24, 2.45) is 0 Å². The monoisotopic (exact) mass is 725 g/mol. The van der Waals surface area contributed by atoms with Gasteiger partial charge in [0.05, 0.1) is 34.4 Å². The van der Waals surface area contributed by atoms with Crippen molar-refractivity contribution in [2.75, 3.05) is 41.0 Å². The highest BCUT2D eigenvalue weighted by Gasteiger charge is 2.31. The minimum Gasteiger partial charge on any atom is -0.477 e. The van der Waals surface area contributed by atoms with Crippen LogP contribution in [0.25, 0.3) is 0 Å². The van der Waals surface area contributed by atoms with Gasteiger partial charge in [0.1, 0.15) is 6.61 Å². The van der Waals surface area contributed by atoms with E-state index in [1.54, 1.807) is 0 Å². The number of esters is 2. The van der Waals surface area contributed by atoms with Crippen LogP contribution in [0.15, 0.2) is 97.2 Å². The van der Waals surface area contributed by atoms with Crippen molar-refractivity contribution in [1.82, 2.24) is 0 Å². The smallest absolute Gasteiger partial charge is 0.362 e. The van der Waals surface area contributed by atoms with E-state index >= 15 is 0 Å². The average Bonchev–Trinajstić information content (AvgIpc) is 3.09. The number of carbonyl (C=O) groups is 3. The lowest BCUT2D eigenvalue weighted by molar-refractivity contribution is -0.887. The van der Waals surface area contributed by atoms with E-state index in [2.05, 4.69) is 50.3 Å². The van der Waals surface area contributed by atoms with E-state index in [0.29, 0.717) is 12.8 Å². The van der Waals surface area contributed by atoms with E-state index in [1.165, 1.54) is 0 Å². The van der Waals surface area contributed by atoms with E-state index < -0.39 is 18.1 Å². The number of carboxylic acid groups (broad SMARTS) is 1. The lowest BCUT2D eigenvalue weighted by Crippen LogP contribution is -2.50. The Morgan fingerprint density at radius 1 is 0.577 bits per heavy atom. The summed E-state index contributed by atoms with van der Waals surface area (Å²) in [4.78, 5) is 36.8. The maximum absolute atomic E-state index is 12.7. The molecule has 2 unspecified atom stereocenters. The highest BCUT2D eigenvalue weighted by atomic mass is 16.6. The van der Waals surface area contributed by atoms with Gasteiger partial charge in [-0.25, -0.2) is 4.79 Å². The Labute approximate surface area is 316 Å². The second kappa shape index (κ2) is 34.3. The number of carboxylic acids is 1. The first-order chi connectivity index (χ1) is 25.1. The molecule has 0 aromatic heterocycles. The summed E-state index contributed by atoms with van der Waals surface area (Å²) in [5, 5.41) is 9.59. The molecular formula is C44H70NO7+. The predicted octanol–water partition coefficient (Wildman–Crippen LogP) is 9.96. The first-order valence-electron chi connectivity index (χ1n) is 19.4. The number of hydrogen-bond acceptors (Lipinski definition) is 6. The molecule has 0 aliphatic rings. The lowest BCUT2D eigenvalue weighted by Gasteiger charge is -2.31. The Morgan fingerprint density at radius 2 is 1.02 bits per heavy atom. The van der Waals surface area contributed by atoms with Crippen molar-refractivity contribution in [3.63, 3.8) is 0 Å². The summed E-state index contributed by atoms with van der Waals surface area (Å²) in [6.45, 7) is 4.35. The van der Waals surface area contributed by atoms with Gasteiger partial charge in [-0.3, -0.25) is 9.59 Å². The van der Waals surface area contributed by atoms with E-state index in [4.69, 9.17) is 14.2 Å². The van der Waals surface area contributed by atoms with Crippen LogP contribution in [-0.2, 0) is 28.6 Å². The minimum atomic E-state index is -0.891. The molecule has 0 saturated heterocycles. The third-order valence-electron chi connectivity index (χ3n) is 7.92. The summed E-state index contributed by atoms with van der Waals surface area (Å²) in [6, 6.07) is -0.630. The van der Waals surface area contributed by atoms with Crippen molar-refractivity contribution in [1.29, 1.82) is 0 Å². The topological polar surface area (TPSA) is 99.1 Å². The largest absolute Gasteiger partial charge is 0.477 e. The van der Waals surface area contributed by atoms with Crippen LogP contribution in [-0.4, -0.2) is 80.6 Å². The van der Waals surface area contributed by atoms with Gasteiger partial charge in [0.25, 0.3) is 0 Å². The molecule has 0 amide bonds. The van der Waals surface area contributed by atoms with Crippen LogP contribution >= 0.6 is 0 Å². The van der Waals surface area contributed by atoms with E-state index in [0.717, 1.165) is 77.0 Å². The van der Waals surface area contributed by atoms with Crippen molar-refractivity contribution >= 4 is 17.9 Å². The van der Waals surface area contributed by atoms with Crippen LogP contribution in [0.1, 0.15) is 110 Å². The number of likely N-dealkylation sites (N-methyl/N-ethyl adjacent to an activating group) is 1. The van der Waals surface area contributed by atoms with Gasteiger partial charge in [0, 0.05) is 19.3 Å². The van der Waals surface area contributed by atoms with Crippen LogP contribution < -0.4 is 0 Å². The molecule has 0 aromatic rings. The molecule has 52 heavy (non-hydrogen) atoms. The van der Waals surface area contributed by atoms with Gasteiger partial charge < -0.3 is 23.8 Å². The Balaban J connectivity index is 4.56. The summed E-state index contributed by atoms with van der Waals surface area (Å²) < 4.78 is 17.1. The van der Waals surface area contributed by atoms with Crippen molar-refractivity contribution in [3.8, 4) is 0 Å². The summed E-state index contributed by atoms with van der Waals surface area (Å²) in [7, 11) is 5.48. The summed E-state index contributed by atoms with van der Waals surface area (Å²) in [5.74, 6) is -1.57. The quantitative estimate of drug-likeness (QED) is 0.0319. The number of ether oxygens (including phenoxy) is 3. The van der Waals surface area contributed by atoms with Gasteiger partial charge >= 0.3 is 17.9 Å². The number of quaternary nitrogens is 1. The highest BCUT2D eigenvalue weighted by Crippen LogP contribution is 2.12. The third kappa shape index (κ3) is 32.2. The molecule has 8 nitrogen and oxygen atoms in total. The number of nitrogens with zero attached hydrogens (tertiary/aromatic N) is 1. The molecule has 0 spiro atoms. The zero-order valence-electron chi connectivity index (χ0n) is 33.0. The number of hydrogen-bond donors (Lipinski definition) is 1. The lowest BCUT2D eigenvalue weighted by atomic mass is 10.1. The SMILES string of the molecule is CC/C=C/C=C/C=C/C=C/C=C/CCCCCC(=O)OCC(COCCC(C(=O)O)[N+](C)(C)C)OC(=O)CCCCCCC/C=C/C=C/C=C/CC. The van der Waals surface area contributed by atoms with Crippen LogP contribution in [0.3, 0.4) is 0 Å². The normalized spacial score (nSPS) is 14.1. The fraction of sp³-hybridized carbons (Fsp3) is 0.568. The van der Waals surface area contributed by atoms with E-state index in [1.807, 2.05) is 81.9 Å². The van der Waals surface area contributed by atoms with E-state index in [9.17, 15) is 19.5 Å². The number of allylic oxidation sites excluding steroid dienone is 16. The molecule has 292 valence electrons. The molecule has 0 heterocycles. The molecule has 0 radical (unpaired) electrons. The van der Waals surface area contributed by atoms with Gasteiger partial charge in [-0.05, 0) is 51.4 Å². The van der Waals surface area contributed by atoms with Gasteiger partial charge in [-0.1, -0.05) is 137 Å². The molecule has 0 aromatic carbocycles. The van der Waals surface area contributed by atoms with Crippen LogP contribution in [0.5, 0.6) is 0 Å². The summed E-state index contributed by atoms with van der Waals surface area (Å²) >= 11 is 0. The van der Waals surface area contributed by atoms with Crippen LogP contribution in [0.4, 0.5) is 0 Å². The molecule has 0 rings (SSSR count). The Hall–Kier alpha value is -3.75. The molecule has 0 bridgehead atoms. The maximum Gasteiger partial charge on any atom is 0.362 e. The van der Waals surface area contributed by atoms with Crippen molar-refractivity contribution in [3.05, 3.63) is 97.2 Å². The number of aliphatic carboxylic acids is 1. The summed E-state index contributed by atoms with van der Waals surface area (Å²) in [5.41, 5.74) is 0. The van der Waals surface area contributed by atoms with E-state index in [-0.39, 0.29) is 42.7 Å². The maximum atomic E-state index is 12.7. The first kappa shape index (κ1) is 48.2. The molecule has 1 N–H and O–H groups in total. The number of rotatable bonds is 32. The average molecular weight is 725 g/mol. The van der Waals surface area contributed by atoms with Crippen molar-refractivity contribution in [2.45, 2.75) is 122 Å². The number of unbranched alkanes of at least 4 members (excludes halogenated alkanes) is 8. The second-order valence-electron chi connectivity index (χ2n) is 13.6. The van der Waals surface area contributed by atoms with Crippen LogP contribution in [0.2, 0.25) is 0 Å². The first-order valence-corrected chi connectivity index (χ1v) is 19.4. The summed E-state index contributed by atoms with van der Waals surface area (Å²) in [6.07, 6.45) is 44.5. The van der Waals surface area contributed by atoms with Gasteiger partial charge in [0.15, 0.2) is 12.1 Å².